The highest BCUT2D eigenvalue weighted by Crippen LogP contribution is 2.28. The van der Waals surface area contributed by atoms with Gasteiger partial charge in [0.1, 0.15) is 5.82 Å². The number of nitrogens with zero attached hydrogens (tertiary/aromatic N) is 2. The maximum atomic E-state index is 13.3. The Morgan fingerprint density at radius 3 is 2.84 bits per heavy atom. The molecule has 0 atom stereocenters. The smallest absolute Gasteiger partial charge is 0.274 e. The van der Waals surface area contributed by atoms with Gasteiger partial charge in [0.05, 0.1) is 17.6 Å². The van der Waals surface area contributed by atoms with E-state index in [-0.39, 0.29) is 5.69 Å². The number of likely N-dealkylation sites (N-methyl/N-ethyl adjacent to an activating group) is 1. The van der Waals surface area contributed by atoms with Crippen molar-refractivity contribution < 1.29 is 14.1 Å². The fourth-order valence-electron chi connectivity index (χ4n) is 1.75. The van der Waals surface area contributed by atoms with Crippen LogP contribution in [-0.2, 0) is 4.74 Å². The van der Waals surface area contributed by atoms with Gasteiger partial charge in [-0.1, -0.05) is 0 Å². The number of hydrogen-bond acceptors (Lipinski definition) is 4. The highest BCUT2D eigenvalue weighted by molar-refractivity contribution is 5.53. The summed E-state index contributed by atoms with van der Waals surface area (Å²) in [5, 5.41) is 10.7. The molecule has 0 saturated heterocycles. The first-order valence-electron chi connectivity index (χ1n) is 6.30. The van der Waals surface area contributed by atoms with Crippen molar-refractivity contribution in [2.75, 3.05) is 31.7 Å². The van der Waals surface area contributed by atoms with Gasteiger partial charge in [-0.3, -0.25) is 10.1 Å². The van der Waals surface area contributed by atoms with Gasteiger partial charge >= 0.3 is 0 Å². The van der Waals surface area contributed by atoms with Gasteiger partial charge in [-0.05, 0) is 24.8 Å². The molecular formula is C13H17FN2O3. The van der Waals surface area contributed by atoms with Crippen LogP contribution in [0.15, 0.2) is 18.2 Å². The molecule has 2 rings (SSSR count). The topological polar surface area (TPSA) is 55.6 Å². The minimum Gasteiger partial charge on any atom is -0.379 e. The van der Waals surface area contributed by atoms with Crippen molar-refractivity contribution in [3.05, 3.63) is 34.1 Å². The van der Waals surface area contributed by atoms with E-state index < -0.39 is 10.7 Å². The summed E-state index contributed by atoms with van der Waals surface area (Å²) >= 11 is 0. The van der Waals surface area contributed by atoms with Gasteiger partial charge in [0.2, 0.25) is 0 Å². The van der Waals surface area contributed by atoms with Crippen molar-refractivity contribution in [1.29, 1.82) is 0 Å². The lowest BCUT2D eigenvalue weighted by atomic mass is 10.2. The van der Waals surface area contributed by atoms with Crippen LogP contribution in [0, 0.1) is 21.8 Å². The van der Waals surface area contributed by atoms with Crippen LogP contribution >= 0.6 is 0 Å². The molecule has 0 spiro atoms. The van der Waals surface area contributed by atoms with Crippen LogP contribution in [-0.4, -0.2) is 31.7 Å². The lowest BCUT2D eigenvalue weighted by molar-refractivity contribution is -0.385. The van der Waals surface area contributed by atoms with E-state index in [2.05, 4.69) is 0 Å². The van der Waals surface area contributed by atoms with E-state index >= 15 is 0 Å². The summed E-state index contributed by atoms with van der Waals surface area (Å²) in [6, 6.07) is 3.57. The van der Waals surface area contributed by atoms with Crippen molar-refractivity contribution in [2.45, 2.75) is 12.8 Å². The minimum absolute atomic E-state index is 0.235. The third kappa shape index (κ3) is 4.17. The van der Waals surface area contributed by atoms with E-state index in [1.54, 1.807) is 11.9 Å². The number of benzene rings is 1. The molecule has 1 fully saturated rings. The third-order valence-electron chi connectivity index (χ3n) is 3.14. The van der Waals surface area contributed by atoms with Gasteiger partial charge < -0.3 is 9.64 Å². The summed E-state index contributed by atoms with van der Waals surface area (Å²) in [5.41, 5.74) is 0.252. The number of nitro benzene ring substituents is 1. The van der Waals surface area contributed by atoms with Crippen molar-refractivity contribution in [3.63, 3.8) is 0 Å². The predicted octanol–water partition coefficient (Wildman–Crippen LogP) is 2.60. The van der Waals surface area contributed by atoms with Crippen LogP contribution in [0.2, 0.25) is 0 Å². The Labute approximate surface area is 111 Å². The predicted molar refractivity (Wildman–Crippen MR) is 69.9 cm³/mol. The Kier molecular flexibility index (Phi) is 4.31. The first-order valence-corrected chi connectivity index (χ1v) is 6.30. The zero-order valence-electron chi connectivity index (χ0n) is 10.8. The molecule has 1 aromatic rings. The average molecular weight is 268 g/mol. The molecule has 0 radical (unpaired) electrons. The van der Waals surface area contributed by atoms with Crippen molar-refractivity contribution in [1.82, 2.24) is 0 Å². The summed E-state index contributed by atoms with van der Waals surface area (Å²) < 4.78 is 18.8. The van der Waals surface area contributed by atoms with E-state index in [1.165, 1.54) is 25.0 Å². The second kappa shape index (κ2) is 5.97. The maximum Gasteiger partial charge on any atom is 0.274 e. The zero-order chi connectivity index (χ0) is 13.8. The van der Waals surface area contributed by atoms with Crippen LogP contribution in [0.4, 0.5) is 15.8 Å². The minimum atomic E-state index is -0.602. The van der Waals surface area contributed by atoms with Crippen molar-refractivity contribution in [2.24, 2.45) is 5.92 Å². The van der Waals surface area contributed by atoms with E-state index in [0.717, 1.165) is 12.7 Å². The number of anilines is 1. The van der Waals surface area contributed by atoms with Gasteiger partial charge in [0.15, 0.2) is 0 Å². The Morgan fingerprint density at radius 2 is 2.21 bits per heavy atom. The first-order chi connectivity index (χ1) is 9.06. The lowest BCUT2D eigenvalue weighted by Gasteiger charge is -2.19. The van der Waals surface area contributed by atoms with E-state index in [1.807, 2.05) is 0 Å². The molecule has 6 heteroatoms. The molecule has 0 aromatic heterocycles. The van der Waals surface area contributed by atoms with E-state index in [9.17, 15) is 14.5 Å². The molecule has 19 heavy (non-hydrogen) atoms. The lowest BCUT2D eigenvalue weighted by Crippen LogP contribution is -2.23. The standard InChI is InChI=1S/C13H17FN2O3/c1-15(4-5-19-9-10-2-3-10)12-6-11(14)7-13(8-12)16(17)18/h6-8,10H,2-5,9H2,1H3. The van der Waals surface area contributed by atoms with Crippen molar-refractivity contribution >= 4 is 11.4 Å². The van der Waals surface area contributed by atoms with Crippen LogP contribution < -0.4 is 4.90 Å². The number of nitro groups is 1. The Morgan fingerprint density at radius 1 is 1.47 bits per heavy atom. The molecule has 0 heterocycles. The molecule has 1 aliphatic carbocycles. The highest BCUT2D eigenvalue weighted by Gasteiger charge is 2.21. The second-order valence-corrected chi connectivity index (χ2v) is 4.86. The van der Waals surface area contributed by atoms with Gasteiger partial charge in [-0.2, -0.15) is 0 Å². The molecule has 1 aromatic carbocycles. The van der Waals surface area contributed by atoms with Crippen LogP contribution in [0.5, 0.6) is 0 Å². The molecule has 0 aliphatic heterocycles. The zero-order valence-corrected chi connectivity index (χ0v) is 10.8. The molecule has 0 bridgehead atoms. The molecule has 5 nitrogen and oxygen atoms in total. The van der Waals surface area contributed by atoms with E-state index in [0.29, 0.717) is 24.8 Å². The Balaban J connectivity index is 1.89. The maximum absolute atomic E-state index is 13.3. The number of non-ortho nitro benzene ring substituents is 1. The normalized spacial score (nSPS) is 14.4. The second-order valence-electron chi connectivity index (χ2n) is 4.86. The summed E-state index contributed by atoms with van der Waals surface area (Å²) in [6.07, 6.45) is 2.48. The van der Waals surface area contributed by atoms with Crippen LogP contribution in [0.25, 0.3) is 0 Å². The molecule has 104 valence electrons. The molecule has 0 N–H and O–H groups in total. The Bertz CT molecular complexity index is 463. The fraction of sp³-hybridized carbons (Fsp3) is 0.538. The molecule has 0 amide bonds. The fourth-order valence-corrected chi connectivity index (χ4v) is 1.75. The van der Waals surface area contributed by atoms with Gasteiger partial charge in [0.25, 0.3) is 5.69 Å². The number of rotatable bonds is 7. The van der Waals surface area contributed by atoms with Crippen LogP contribution in [0.1, 0.15) is 12.8 Å². The summed E-state index contributed by atoms with van der Waals surface area (Å²) in [5.74, 6) is 0.107. The Hall–Kier alpha value is -1.69. The van der Waals surface area contributed by atoms with Crippen LogP contribution in [0.3, 0.4) is 0 Å². The summed E-state index contributed by atoms with van der Waals surface area (Å²) in [7, 11) is 1.76. The highest BCUT2D eigenvalue weighted by atomic mass is 19.1. The van der Waals surface area contributed by atoms with Gasteiger partial charge in [-0.25, -0.2) is 4.39 Å². The SMILES string of the molecule is CN(CCOCC1CC1)c1cc(F)cc([N+](=O)[O-])c1. The number of hydrogen-bond donors (Lipinski definition) is 0. The average Bonchev–Trinajstić information content (AvgIpc) is 3.17. The monoisotopic (exact) mass is 268 g/mol. The third-order valence-corrected chi connectivity index (χ3v) is 3.14. The van der Waals surface area contributed by atoms with Gasteiger partial charge in [-0.15, -0.1) is 0 Å². The number of halogens is 1. The largest absolute Gasteiger partial charge is 0.379 e. The van der Waals surface area contributed by atoms with Crippen molar-refractivity contribution in [3.8, 4) is 0 Å². The summed E-state index contributed by atoms with van der Waals surface area (Å²) in [6.45, 7) is 1.89. The number of ether oxygens (including phenoxy) is 1. The summed E-state index contributed by atoms with van der Waals surface area (Å²) in [4.78, 5) is 11.8. The molecule has 0 unspecified atom stereocenters. The molecule has 1 saturated carbocycles. The molecular weight excluding hydrogens is 251 g/mol. The first kappa shape index (κ1) is 13.7. The van der Waals surface area contributed by atoms with E-state index in [4.69, 9.17) is 4.74 Å². The quantitative estimate of drug-likeness (QED) is 0.433. The van der Waals surface area contributed by atoms with Gasteiger partial charge in [0, 0.05) is 32.0 Å². The molecule has 1 aliphatic rings.